The molecule has 2 aromatic carbocycles. The number of rotatable bonds is 8. The third-order valence-electron chi connectivity index (χ3n) is 8.90. The van der Waals surface area contributed by atoms with Crippen molar-refractivity contribution in [1.82, 2.24) is 24.5 Å². The summed E-state index contributed by atoms with van der Waals surface area (Å²) in [7, 11) is 0. The van der Waals surface area contributed by atoms with Crippen molar-refractivity contribution in [2.45, 2.75) is 59.5 Å². The minimum absolute atomic E-state index is 0.260. The van der Waals surface area contributed by atoms with Gasteiger partial charge >= 0.3 is 0 Å². The zero-order chi connectivity index (χ0) is 29.6. The fraction of sp³-hybridized carbons (Fsp3) is 0.375. The van der Waals surface area contributed by atoms with Crippen LogP contribution in [0.4, 0.5) is 8.78 Å². The van der Waals surface area contributed by atoms with Gasteiger partial charge in [0.2, 0.25) is 0 Å². The number of aromatic nitrogens is 5. The first-order valence-electron chi connectivity index (χ1n) is 14.2. The molecule has 3 heterocycles. The number of hydrogen-bond donors (Lipinski definition) is 1. The molecular weight excluding hydrogens is 602 g/mol. The Morgan fingerprint density at radius 1 is 1.10 bits per heavy atom. The van der Waals surface area contributed by atoms with Crippen LogP contribution in [0.15, 0.2) is 47.2 Å². The van der Waals surface area contributed by atoms with Gasteiger partial charge in [0.05, 0.1) is 34.9 Å². The number of carbonyl (C=O) groups excluding carboxylic acids is 1. The molecule has 0 spiro atoms. The summed E-state index contributed by atoms with van der Waals surface area (Å²) in [6.07, 6.45) is 5.94. The van der Waals surface area contributed by atoms with Gasteiger partial charge in [0.1, 0.15) is 4.60 Å². The molecule has 3 saturated carbocycles. The standard InChI is InChI=1S/C32H31BrF2N6O/c1-17(2)8-23-26(29(36)42)25(27-28(33)39-41(30(27)38-23)16-32-13-31(3,14-32)15-32)19-5-7-24-20(10-19)11-37-40(24)12-18-4-6-21(34)22(35)9-18/h4-7,9-11,17H,8,12-16H2,1-3H3,(H2,36,42). The van der Waals surface area contributed by atoms with E-state index >= 15 is 0 Å². The summed E-state index contributed by atoms with van der Waals surface area (Å²) >= 11 is 3.70. The van der Waals surface area contributed by atoms with Gasteiger partial charge in [-0.2, -0.15) is 10.2 Å². The van der Waals surface area contributed by atoms with Gasteiger partial charge < -0.3 is 5.73 Å². The molecular formula is C32H31BrF2N6O. The highest BCUT2D eigenvalue weighted by atomic mass is 79.9. The monoisotopic (exact) mass is 632 g/mol. The fourth-order valence-corrected chi connectivity index (χ4v) is 8.20. The summed E-state index contributed by atoms with van der Waals surface area (Å²) in [5.41, 5.74) is 11.6. The van der Waals surface area contributed by atoms with Gasteiger partial charge in [-0.25, -0.2) is 18.4 Å². The summed E-state index contributed by atoms with van der Waals surface area (Å²) < 4.78 is 31.6. The van der Waals surface area contributed by atoms with Crippen molar-refractivity contribution in [3.05, 3.63) is 75.7 Å². The number of hydrogen-bond acceptors (Lipinski definition) is 4. The lowest BCUT2D eigenvalue weighted by Crippen LogP contribution is -2.61. The van der Waals surface area contributed by atoms with E-state index in [2.05, 4.69) is 41.8 Å². The lowest BCUT2D eigenvalue weighted by molar-refractivity contribution is -0.200. The van der Waals surface area contributed by atoms with E-state index in [4.69, 9.17) is 15.8 Å². The topological polar surface area (TPSA) is 91.6 Å². The summed E-state index contributed by atoms with van der Waals surface area (Å²) in [4.78, 5) is 18.1. The molecule has 3 aromatic heterocycles. The molecule has 42 heavy (non-hydrogen) atoms. The van der Waals surface area contributed by atoms with Crippen LogP contribution in [0.1, 0.15) is 61.6 Å². The molecule has 3 aliphatic rings. The van der Waals surface area contributed by atoms with Crippen LogP contribution in [0.25, 0.3) is 33.1 Å². The van der Waals surface area contributed by atoms with Crippen molar-refractivity contribution in [3.8, 4) is 11.1 Å². The molecule has 1 amide bonds. The van der Waals surface area contributed by atoms with Crippen molar-refractivity contribution in [3.63, 3.8) is 0 Å². The number of pyridine rings is 1. The SMILES string of the molecule is CC(C)Cc1nc2c(c(Br)nn2CC23CC(C)(C2)C3)c(-c2ccc3c(cnn3Cc3ccc(F)c(F)c3)c2)c1C(N)=O. The molecule has 2 bridgehead atoms. The normalized spacial score (nSPS) is 21.2. The van der Waals surface area contributed by atoms with Gasteiger partial charge in [0.15, 0.2) is 17.3 Å². The molecule has 0 aliphatic heterocycles. The van der Waals surface area contributed by atoms with Gasteiger partial charge in [0, 0.05) is 17.5 Å². The molecule has 7 nitrogen and oxygen atoms in total. The molecule has 0 unspecified atom stereocenters. The number of halogens is 3. The molecule has 8 rings (SSSR count). The Balaban J connectivity index is 1.36. The third kappa shape index (κ3) is 4.33. The Kier molecular flexibility index (Phi) is 6.10. The average Bonchev–Trinajstić information content (AvgIpc) is 3.43. The predicted molar refractivity (Wildman–Crippen MR) is 161 cm³/mol. The van der Waals surface area contributed by atoms with E-state index in [-0.39, 0.29) is 17.9 Å². The van der Waals surface area contributed by atoms with Crippen LogP contribution in [0.5, 0.6) is 0 Å². The van der Waals surface area contributed by atoms with E-state index in [9.17, 15) is 13.6 Å². The highest BCUT2D eigenvalue weighted by Crippen LogP contribution is 2.73. The highest BCUT2D eigenvalue weighted by Gasteiger charge is 2.64. The van der Waals surface area contributed by atoms with Gasteiger partial charge in [0.25, 0.3) is 5.91 Å². The number of fused-ring (bicyclic) bond motifs is 2. The zero-order valence-corrected chi connectivity index (χ0v) is 25.3. The summed E-state index contributed by atoms with van der Waals surface area (Å²) in [5.74, 6) is -2.04. The van der Waals surface area contributed by atoms with Crippen molar-refractivity contribution >= 4 is 43.8 Å². The molecule has 216 valence electrons. The van der Waals surface area contributed by atoms with E-state index in [1.807, 2.05) is 22.9 Å². The lowest BCUT2D eigenvalue weighted by Gasteiger charge is -2.69. The molecule has 0 radical (unpaired) electrons. The second kappa shape index (κ2) is 9.42. The fourth-order valence-electron chi connectivity index (χ4n) is 7.63. The van der Waals surface area contributed by atoms with Gasteiger partial charge in [-0.1, -0.05) is 32.9 Å². The second-order valence-electron chi connectivity index (χ2n) is 13.1. The maximum absolute atomic E-state index is 13.8. The van der Waals surface area contributed by atoms with Gasteiger partial charge in [-0.15, -0.1) is 0 Å². The molecule has 0 saturated heterocycles. The Morgan fingerprint density at radius 2 is 1.86 bits per heavy atom. The Labute approximate surface area is 250 Å². The Hall–Kier alpha value is -3.66. The van der Waals surface area contributed by atoms with Gasteiger partial charge in [-0.05, 0) is 93.8 Å². The van der Waals surface area contributed by atoms with Crippen LogP contribution >= 0.6 is 15.9 Å². The first kappa shape index (κ1) is 27.2. The van der Waals surface area contributed by atoms with E-state index in [1.165, 1.54) is 25.3 Å². The predicted octanol–water partition coefficient (Wildman–Crippen LogP) is 7.02. The Morgan fingerprint density at radius 3 is 2.52 bits per heavy atom. The number of nitrogens with zero attached hydrogens (tertiary/aromatic N) is 5. The van der Waals surface area contributed by atoms with Crippen LogP contribution in [-0.2, 0) is 19.5 Å². The van der Waals surface area contributed by atoms with Crippen LogP contribution in [0, 0.1) is 28.4 Å². The van der Waals surface area contributed by atoms with Crippen molar-refractivity contribution < 1.29 is 13.6 Å². The minimum atomic E-state index is -0.890. The molecule has 10 heteroatoms. The van der Waals surface area contributed by atoms with Crippen LogP contribution in [-0.4, -0.2) is 30.5 Å². The van der Waals surface area contributed by atoms with Crippen LogP contribution in [0.3, 0.4) is 0 Å². The number of amides is 1. The molecule has 3 aliphatic carbocycles. The Bertz CT molecular complexity index is 1910. The summed E-state index contributed by atoms with van der Waals surface area (Å²) in [5, 5.41) is 11.0. The van der Waals surface area contributed by atoms with Crippen molar-refractivity contribution in [2.24, 2.45) is 22.5 Å². The van der Waals surface area contributed by atoms with Gasteiger partial charge in [-0.3, -0.25) is 9.48 Å². The van der Waals surface area contributed by atoms with Crippen molar-refractivity contribution in [1.29, 1.82) is 0 Å². The molecule has 3 fully saturated rings. The summed E-state index contributed by atoms with van der Waals surface area (Å²) in [6.45, 7) is 7.62. The third-order valence-corrected chi connectivity index (χ3v) is 9.45. The van der Waals surface area contributed by atoms with E-state index < -0.39 is 17.5 Å². The largest absolute Gasteiger partial charge is 0.366 e. The number of nitrogens with two attached hydrogens (primary N) is 1. The smallest absolute Gasteiger partial charge is 0.251 e. The number of carbonyl (C=O) groups is 1. The van der Waals surface area contributed by atoms with E-state index in [1.54, 1.807) is 16.9 Å². The summed E-state index contributed by atoms with van der Waals surface area (Å²) in [6, 6.07) is 9.70. The molecule has 0 atom stereocenters. The maximum atomic E-state index is 13.8. The highest BCUT2D eigenvalue weighted by molar-refractivity contribution is 9.10. The molecule has 5 aromatic rings. The first-order valence-corrected chi connectivity index (χ1v) is 15.0. The minimum Gasteiger partial charge on any atom is -0.366 e. The van der Waals surface area contributed by atoms with E-state index in [0.29, 0.717) is 38.8 Å². The van der Waals surface area contributed by atoms with E-state index in [0.717, 1.165) is 40.1 Å². The maximum Gasteiger partial charge on any atom is 0.251 e. The zero-order valence-electron chi connectivity index (χ0n) is 23.7. The van der Waals surface area contributed by atoms with Crippen LogP contribution in [0.2, 0.25) is 0 Å². The van der Waals surface area contributed by atoms with Crippen LogP contribution < -0.4 is 5.73 Å². The molecule has 2 N–H and O–H groups in total. The number of primary amides is 1. The quantitative estimate of drug-likeness (QED) is 0.199. The first-order chi connectivity index (χ1) is 19.9. The second-order valence-corrected chi connectivity index (χ2v) is 13.8. The average molecular weight is 634 g/mol. The number of benzene rings is 2. The lowest BCUT2D eigenvalue weighted by atomic mass is 9.36. The van der Waals surface area contributed by atoms with Crippen molar-refractivity contribution in [2.75, 3.05) is 0 Å².